The van der Waals surface area contributed by atoms with Gasteiger partial charge in [0.2, 0.25) is 11.8 Å². The minimum atomic E-state index is -0.267. The molecule has 0 saturated carbocycles. The van der Waals surface area contributed by atoms with Gasteiger partial charge in [-0.25, -0.2) is 0 Å². The van der Waals surface area contributed by atoms with Crippen LogP contribution in [0, 0.1) is 13.8 Å². The number of nitrogens with zero attached hydrogens (tertiary/aromatic N) is 1. The molecule has 0 aliphatic rings. The third-order valence-corrected chi connectivity index (χ3v) is 4.21. The van der Waals surface area contributed by atoms with Gasteiger partial charge in [0, 0.05) is 24.0 Å². The number of amides is 3. The van der Waals surface area contributed by atoms with Gasteiger partial charge in [-0.2, -0.15) is 0 Å². The molecule has 0 aliphatic heterocycles. The highest BCUT2D eigenvalue weighted by Gasteiger charge is 2.13. The maximum Gasteiger partial charge on any atom is 0.251 e. The molecule has 0 fully saturated rings. The van der Waals surface area contributed by atoms with Crippen LogP contribution in [0.5, 0.6) is 0 Å². The first kappa shape index (κ1) is 21.1. The van der Waals surface area contributed by atoms with E-state index in [4.69, 9.17) is 0 Å². The average molecular weight is 382 g/mol. The fourth-order valence-corrected chi connectivity index (χ4v) is 2.82. The van der Waals surface area contributed by atoms with E-state index in [1.54, 1.807) is 43.3 Å². The Morgan fingerprint density at radius 1 is 0.893 bits per heavy atom. The number of hydrogen-bond acceptors (Lipinski definition) is 4. The quantitative estimate of drug-likeness (QED) is 0.685. The van der Waals surface area contributed by atoms with Crippen molar-refractivity contribution in [3.05, 3.63) is 59.2 Å². The van der Waals surface area contributed by atoms with Crippen molar-refractivity contribution in [3.63, 3.8) is 0 Å². The van der Waals surface area contributed by atoms with Gasteiger partial charge in [0.05, 0.1) is 13.1 Å². The van der Waals surface area contributed by atoms with E-state index in [1.165, 1.54) is 0 Å². The fourth-order valence-electron chi connectivity index (χ4n) is 2.82. The largest absolute Gasteiger partial charge is 0.355 e. The first-order chi connectivity index (χ1) is 13.3. The summed E-state index contributed by atoms with van der Waals surface area (Å²) in [7, 11) is 3.25. The molecule has 3 amide bonds. The number of anilines is 2. The lowest BCUT2D eigenvalue weighted by atomic mass is 10.1. The van der Waals surface area contributed by atoms with Crippen LogP contribution in [0.3, 0.4) is 0 Å². The van der Waals surface area contributed by atoms with Gasteiger partial charge in [0.25, 0.3) is 5.91 Å². The molecule has 0 bridgehead atoms. The van der Waals surface area contributed by atoms with Crippen molar-refractivity contribution in [2.24, 2.45) is 0 Å². The van der Waals surface area contributed by atoms with E-state index in [-0.39, 0.29) is 30.8 Å². The average Bonchev–Trinajstić information content (AvgIpc) is 2.64. The van der Waals surface area contributed by atoms with Crippen LogP contribution in [0.15, 0.2) is 42.5 Å². The summed E-state index contributed by atoms with van der Waals surface area (Å²) in [6.45, 7) is 4.00. The summed E-state index contributed by atoms with van der Waals surface area (Å²) in [6, 6.07) is 12.5. The maximum absolute atomic E-state index is 12.3. The molecule has 0 unspecified atom stereocenters. The number of aryl methyl sites for hydroxylation is 2. The Balaban J connectivity index is 1.88. The predicted octanol–water partition coefficient (Wildman–Crippen LogP) is 2.17. The molecule has 2 rings (SSSR count). The van der Waals surface area contributed by atoms with Gasteiger partial charge in [-0.05, 0) is 50.2 Å². The lowest BCUT2D eigenvalue weighted by Crippen LogP contribution is -2.36. The second-order valence-corrected chi connectivity index (χ2v) is 6.70. The summed E-state index contributed by atoms with van der Waals surface area (Å²) in [5.74, 6) is -0.679. The van der Waals surface area contributed by atoms with Crippen molar-refractivity contribution in [1.29, 1.82) is 0 Å². The van der Waals surface area contributed by atoms with Crippen molar-refractivity contribution in [2.75, 3.05) is 37.8 Å². The molecule has 0 heterocycles. The van der Waals surface area contributed by atoms with Crippen molar-refractivity contribution in [2.45, 2.75) is 13.8 Å². The predicted molar refractivity (Wildman–Crippen MR) is 111 cm³/mol. The summed E-state index contributed by atoms with van der Waals surface area (Å²) in [4.78, 5) is 37.8. The number of carbonyl (C=O) groups excluding carboxylic acids is 3. The molecule has 0 spiro atoms. The molecular weight excluding hydrogens is 356 g/mol. The van der Waals surface area contributed by atoms with Crippen LogP contribution in [0.4, 0.5) is 11.4 Å². The van der Waals surface area contributed by atoms with Crippen molar-refractivity contribution in [3.8, 4) is 0 Å². The van der Waals surface area contributed by atoms with E-state index in [1.807, 2.05) is 32.0 Å². The highest BCUT2D eigenvalue weighted by atomic mass is 16.2. The van der Waals surface area contributed by atoms with Crippen LogP contribution in [0.1, 0.15) is 21.5 Å². The summed E-state index contributed by atoms with van der Waals surface area (Å²) in [5, 5.41) is 8.18. The monoisotopic (exact) mass is 382 g/mol. The van der Waals surface area contributed by atoms with E-state index in [0.29, 0.717) is 11.3 Å². The smallest absolute Gasteiger partial charge is 0.251 e. The SMILES string of the molecule is CNC(=O)c1cccc(NC(=O)CN(C)CC(=O)Nc2c(C)cccc2C)c1. The van der Waals surface area contributed by atoms with Gasteiger partial charge < -0.3 is 16.0 Å². The van der Waals surface area contributed by atoms with E-state index >= 15 is 0 Å². The first-order valence-corrected chi connectivity index (χ1v) is 8.96. The zero-order valence-electron chi connectivity index (χ0n) is 16.6. The number of likely N-dealkylation sites (N-methyl/N-ethyl adjacent to an activating group) is 1. The highest BCUT2D eigenvalue weighted by Crippen LogP contribution is 2.19. The van der Waals surface area contributed by atoms with Crippen LogP contribution in [-0.4, -0.2) is 49.8 Å². The molecule has 0 saturated heterocycles. The molecule has 28 heavy (non-hydrogen) atoms. The number of rotatable bonds is 7. The number of para-hydroxylation sites is 1. The Kier molecular flexibility index (Phi) is 7.28. The topological polar surface area (TPSA) is 90.5 Å². The number of nitrogens with one attached hydrogen (secondary N) is 3. The van der Waals surface area contributed by atoms with Crippen molar-refractivity contribution < 1.29 is 14.4 Å². The molecular formula is C21H26N4O3. The van der Waals surface area contributed by atoms with Gasteiger partial charge >= 0.3 is 0 Å². The second-order valence-electron chi connectivity index (χ2n) is 6.70. The number of benzene rings is 2. The van der Waals surface area contributed by atoms with Crippen LogP contribution in [-0.2, 0) is 9.59 Å². The standard InChI is InChI=1S/C21H26N4O3/c1-14-7-5-8-15(2)20(14)24-19(27)13-25(4)12-18(26)23-17-10-6-9-16(11-17)21(28)22-3/h5-11H,12-13H2,1-4H3,(H,22,28)(H,23,26)(H,24,27). The molecule has 7 nitrogen and oxygen atoms in total. The molecule has 0 radical (unpaired) electrons. The van der Waals surface area contributed by atoms with Gasteiger partial charge in [0.1, 0.15) is 0 Å². The van der Waals surface area contributed by atoms with E-state index in [9.17, 15) is 14.4 Å². The summed E-state index contributed by atoms with van der Waals surface area (Å²) in [6.07, 6.45) is 0. The molecule has 7 heteroatoms. The van der Waals surface area contributed by atoms with Crippen LogP contribution >= 0.6 is 0 Å². The van der Waals surface area contributed by atoms with E-state index in [0.717, 1.165) is 16.8 Å². The normalized spacial score (nSPS) is 10.5. The lowest BCUT2D eigenvalue weighted by Gasteiger charge is -2.17. The van der Waals surface area contributed by atoms with Crippen LogP contribution in [0.25, 0.3) is 0 Å². The number of carbonyl (C=O) groups is 3. The molecule has 2 aromatic rings. The molecule has 148 valence electrons. The van der Waals surface area contributed by atoms with Gasteiger partial charge in [-0.1, -0.05) is 24.3 Å². The molecule has 0 atom stereocenters. The van der Waals surface area contributed by atoms with Crippen LogP contribution in [0.2, 0.25) is 0 Å². The van der Waals surface area contributed by atoms with Gasteiger partial charge in [-0.15, -0.1) is 0 Å². The first-order valence-electron chi connectivity index (χ1n) is 8.96. The Morgan fingerprint density at radius 3 is 2.07 bits per heavy atom. The summed E-state index contributed by atoms with van der Waals surface area (Å²) in [5.41, 5.74) is 3.77. The third kappa shape index (κ3) is 5.92. The molecule has 2 aromatic carbocycles. The van der Waals surface area contributed by atoms with Crippen LogP contribution < -0.4 is 16.0 Å². The molecule has 0 aromatic heterocycles. The van der Waals surface area contributed by atoms with E-state index < -0.39 is 0 Å². The second kappa shape index (κ2) is 9.66. The van der Waals surface area contributed by atoms with Gasteiger partial charge in [0.15, 0.2) is 0 Å². The molecule has 3 N–H and O–H groups in total. The Bertz CT molecular complexity index is 859. The lowest BCUT2D eigenvalue weighted by molar-refractivity contribution is -0.119. The Labute approximate surface area is 165 Å². The Morgan fingerprint density at radius 2 is 1.46 bits per heavy atom. The summed E-state index contributed by atoms with van der Waals surface area (Å²) < 4.78 is 0. The zero-order chi connectivity index (χ0) is 20.7. The maximum atomic E-state index is 12.3. The molecule has 0 aliphatic carbocycles. The summed E-state index contributed by atoms with van der Waals surface area (Å²) >= 11 is 0. The van der Waals surface area contributed by atoms with Crippen molar-refractivity contribution >= 4 is 29.1 Å². The zero-order valence-corrected chi connectivity index (χ0v) is 16.6. The minimum Gasteiger partial charge on any atom is -0.355 e. The third-order valence-electron chi connectivity index (χ3n) is 4.21. The van der Waals surface area contributed by atoms with E-state index in [2.05, 4.69) is 16.0 Å². The fraction of sp³-hybridized carbons (Fsp3) is 0.286. The number of hydrogen-bond donors (Lipinski definition) is 3. The van der Waals surface area contributed by atoms with Gasteiger partial charge in [-0.3, -0.25) is 19.3 Å². The Hall–Kier alpha value is -3.19. The minimum absolute atomic E-state index is 0.0460. The highest BCUT2D eigenvalue weighted by molar-refractivity contribution is 5.98. The van der Waals surface area contributed by atoms with Crippen molar-refractivity contribution in [1.82, 2.24) is 10.2 Å².